The molecular weight excluding hydrogens is 338 g/mol. The second-order valence-corrected chi connectivity index (χ2v) is 6.36. The molecule has 2 aromatic rings. The Morgan fingerprint density at radius 2 is 2.22 bits per heavy atom. The van der Waals surface area contributed by atoms with Crippen molar-refractivity contribution >= 4 is 39.6 Å². The third kappa shape index (κ3) is 4.06. The minimum absolute atomic E-state index is 0.242. The second-order valence-electron chi connectivity index (χ2n) is 4.63. The standard InChI is InChI=1S/C14H13N3O4S2/c1-8-7-23-14(20)17(8)6-11(18)21-9(2)12(19)16-13-10(5-15)3-4-22-13/h3-4,7,9H,6H2,1-2H3,(H,16,19)/t9-/m0/s1. The number of rotatable bonds is 5. The summed E-state index contributed by atoms with van der Waals surface area (Å²) in [5.74, 6) is -1.21. The van der Waals surface area contributed by atoms with Gasteiger partial charge in [-0.2, -0.15) is 5.26 Å². The smallest absolute Gasteiger partial charge is 0.326 e. The number of carbonyl (C=O) groups is 2. The van der Waals surface area contributed by atoms with Gasteiger partial charge in [0.05, 0.1) is 5.56 Å². The first-order valence-electron chi connectivity index (χ1n) is 6.55. The predicted molar refractivity (Wildman–Crippen MR) is 86.5 cm³/mol. The van der Waals surface area contributed by atoms with E-state index in [4.69, 9.17) is 10.00 Å². The normalized spacial score (nSPS) is 11.5. The van der Waals surface area contributed by atoms with Crippen LogP contribution in [0.4, 0.5) is 5.00 Å². The van der Waals surface area contributed by atoms with Gasteiger partial charge in [0.15, 0.2) is 6.10 Å². The van der Waals surface area contributed by atoms with Gasteiger partial charge in [0.1, 0.15) is 17.6 Å². The van der Waals surface area contributed by atoms with Gasteiger partial charge in [-0.05, 0) is 25.3 Å². The minimum Gasteiger partial charge on any atom is -0.451 e. The molecule has 120 valence electrons. The Balaban J connectivity index is 1.94. The monoisotopic (exact) mass is 351 g/mol. The molecule has 2 aromatic heterocycles. The van der Waals surface area contributed by atoms with Crippen LogP contribution in [0.5, 0.6) is 0 Å². The van der Waals surface area contributed by atoms with E-state index < -0.39 is 18.0 Å². The summed E-state index contributed by atoms with van der Waals surface area (Å²) >= 11 is 2.20. The predicted octanol–water partition coefficient (Wildman–Crippen LogP) is 1.72. The first kappa shape index (κ1) is 16.9. The molecule has 1 amide bonds. The number of carbonyl (C=O) groups excluding carboxylic acids is 2. The fourth-order valence-corrected chi connectivity index (χ4v) is 3.20. The van der Waals surface area contributed by atoms with Crippen molar-refractivity contribution in [2.45, 2.75) is 26.5 Å². The zero-order valence-electron chi connectivity index (χ0n) is 12.4. The Morgan fingerprint density at radius 3 is 2.83 bits per heavy atom. The van der Waals surface area contributed by atoms with Crippen molar-refractivity contribution in [3.8, 4) is 6.07 Å². The summed E-state index contributed by atoms with van der Waals surface area (Å²) in [4.78, 5) is 35.1. The fraction of sp³-hybridized carbons (Fsp3) is 0.286. The molecule has 23 heavy (non-hydrogen) atoms. The summed E-state index contributed by atoms with van der Waals surface area (Å²) in [5, 5.41) is 15.2. The lowest BCUT2D eigenvalue weighted by atomic mass is 10.3. The molecule has 2 heterocycles. The molecule has 0 fully saturated rings. The second kappa shape index (κ2) is 7.21. The van der Waals surface area contributed by atoms with Crippen molar-refractivity contribution in [1.29, 1.82) is 5.26 Å². The molecule has 0 aromatic carbocycles. The molecule has 2 rings (SSSR count). The van der Waals surface area contributed by atoms with Crippen molar-refractivity contribution in [3.05, 3.63) is 37.8 Å². The van der Waals surface area contributed by atoms with Crippen LogP contribution in [0.2, 0.25) is 0 Å². The van der Waals surface area contributed by atoms with Crippen LogP contribution in [-0.4, -0.2) is 22.5 Å². The number of thiophene rings is 1. The molecule has 0 aliphatic heterocycles. The van der Waals surface area contributed by atoms with Gasteiger partial charge in [-0.3, -0.25) is 19.0 Å². The van der Waals surface area contributed by atoms with Gasteiger partial charge >= 0.3 is 10.8 Å². The molecule has 9 heteroatoms. The van der Waals surface area contributed by atoms with Gasteiger partial charge in [-0.15, -0.1) is 11.3 Å². The number of thiazole rings is 1. The molecule has 0 saturated carbocycles. The summed E-state index contributed by atoms with van der Waals surface area (Å²) in [6.07, 6.45) is -1.04. The zero-order valence-corrected chi connectivity index (χ0v) is 14.0. The van der Waals surface area contributed by atoms with Gasteiger partial charge in [0.25, 0.3) is 5.91 Å². The van der Waals surface area contributed by atoms with Crippen LogP contribution < -0.4 is 10.2 Å². The number of aromatic nitrogens is 1. The molecule has 0 spiro atoms. The third-order valence-corrected chi connectivity index (χ3v) is 4.67. The number of hydrogen-bond acceptors (Lipinski definition) is 7. The van der Waals surface area contributed by atoms with E-state index in [1.165, 1.54) is 22.8 Å². The minimum atomic E-state index is -1.04. The number of amides is 1. The first-order valence-corrected chi connectivity index (χ1v) is 8.31. The van der Waals surface area contributed by atoms with Crippen LogP contribution in [0, 0.1) is 18.3 Å². The van der Waals surface area contributed by atoms with Crippen LogP contribution in [-0.2, 0) is 20.9 Å². The molecular formula is C14H13N3O4S2. The molecule has 7 nitrogen and oxygen atoms in total. The lowest BCUT2D eigenvalue weighted by molar-refractivity contribution is -0.153. The zero-order chi connectivity index (χ0) is 17.0. The molecule has 0 bridgehead atoms. The van der Waals surface area contributed by atoms with E-state index in [2.05, 4.69) is 5.32 Å². The number of anilines is 1. The summed E-state index contributed by atoms with van der Waals surface area (Å²) in [5.41, 5.74) is 1.01. The van der Waals surface area contributed by atoms with E-state index >= 15 is 0 Å². The maximum absolute atomic E-state index is 12.0. The molecule has 1 atom stereocenters. The van der Waals surface area contributed by atoms with Crippen molar-refractivity contribution in [2.75, 3.05) is 5.32 Å². The summed E-state index contributed by atoms with van der Waals surface area (Å²) < 4.78 is 6.32. The molecule has 0 unspecified atom stereocenters. The highest BCUT2D eigenvalue weighted by Gasteiger charge is 2.20. The summed E-state index contributed by atoms with van der Waals surface area (Å²) in [6.45, 7) is 2.89. The van der Waals surface area contributed by atoms with Crippen molar-refractivity contribution < 1.29 is 14.3 Å². The van der Waals surface area contributed by atoms with Gasteiger partial charge < -0.3 is 10.1 Å². The lowest BCUT2D eigenvalue weighted by Gasteiger charge is -2.13. The van der Waals surface area contributed by atoms with Gasteiger partial charge in [-0.1, -0.05) is 11.3 Å². The Kier molecular flexibility index (Phi) is 5.31. The fourth-order valence-electron chi connectivity index (χ4n) is 1.72. The topological polar surface area (TPSA) is 101 Å². The Morgan fingerprint density at radius 1 is 1.48 bits per heavy atom. The molecule has 1 N–H and O–H groups in total. The van der Waals surface area contributed by atoms with Crippen molar-refractivity contribution in [2.24, 2.45) is 0 Å². The van der Waals surface area contributed by atoms with Gasteiger partial charge in [0, 0.05) is 11.1 Å². The highest BCUT2D eigenvalue weighted by molar-refractivity contribution is 7.14. The first-order chi connectivity index (χ1) is 10.9. The van der Waals surface area contributed by atoms with Crippen LogP contribution in [0.15, 0.2) is 21.6 Å². The number of nitriles is 1. The quantitative estimate of drug-likeness (QED) is 0.827. The molecule has 0 aliphatic carbocycles. The van der Waals surface area contributed by atoms with Gasteiger partial charge in [-0.25, -0.2) is 0 Å². The molecule has 0 radical (unpaired) electrons. The van der Waals surface area contributed by atoms with E-state index in [1.807, 2.05) is 6.07 Å². The third-order valence-electron chi connectivity index (χ3n) is 2.96. The van der Waals surface area contributed by atoms with E-state index in [1.54, 1.807) is 23.8 Å². The number of hydrogen-bond donors (Lipinski definition) is 1. The Labute approximate surface area is 139 Å². The van der Waals surface area contributed by atoms with Gasteiger partial charge in [0.2, 0.25) is 0 Å². The molecule has 0 aliphatic rings. The summed E-state index contributed by atoms with van der Waals surface area (Å²) in [6, 6.07) is 3.54. The maximum Gasteiger partial charge on any atom is 0.326 e. The van der Waals surface area contributed by atoms with E-state index in [-0.39, 0.29) is 11.4 Å². The van der Waals surface area contributed by atoms with Crippen LogP contribution in [0.1, 0.15) is 18.2 Å². The Bertz CT molecular complexity index is 828. The number of nitrogens with zero attached hydrogens (tertiary/aromatic N) is 2. The maximum atomic E-state index is 12.0. The van der Waals surface area contributed by atoms with Crippen LogP contribution >= 0.6 is 22.7 Å². The van der Waals surface area contributed by atoms with Crippen LogP contribution in [0.25, 0.3) is 0 Å². The highest BCUT2D eigenvalue weighted by Crippen LogP contribution is 2.22. The number of esters is 1. The summed E-state index contributed by atoms with van der Waals surface area (Å²) in [7, 11) is 0. The average Bonchev–Trinajstić information content (AvgIpc) is 3.08. The van der Waals surface area contributed by atoms with Crippen molar-refractivity contribution in [3.63, 3.8) is 0 Å². The average molecular weight is 351 g/mol. The highest BCUT2D eigenvalue weighted by atomic mass is 32.1. The number of nitrogens with one attached hydrogen (secondary N) is 1. The number of ether oxygens (including phenoxy) is 1. The van der Waals surface area contributed by atoms with Crippen molar-refractivity contribution in [1.82, 2.24) is 4.57 Å². The lowest BCUT2D eigenvalue weighted by Crippen LogP contribution is -2.32. The largest absolute Gasteiger partial charge is 0.451 e. The SMILES string of the molecule is Cc1csc(=O)n1CC(=O)O[C@@H](C)C(=O)Nc1sccc1C#N. The number of aryl methyl sites for hydroxylation is 1. The van der Waals surface area contributed by atoms with E-state index in [9.17, 15) is 14.4 Å². The van der Waals surface area contributed by atoms with E-state index in [0.29, 0.717) is 16.3 Å². The molecule has 0 saturated heterocycles. The van der Waals surface area contributed by atoms with E-state index in [0.717, 1.165) is 11.3 Å². The van der Waals surface area contributed by atoms with Crippen LogP contribution in [0.3, 0.4) is 0 Å². The Hall–Kier alpha value is -2.44.